The summed E-state index contributed by atoms with van der Waals surface area (Å²) in [5.41, 5.74) is 1.07. The van der Waals surface area contributed by atoms with E-state index in [0.29, 0.717) is 46.9 Å². The monoisotopic (exact) mass is 505 g/mol. The Balaban J connectivity index is 1.49. The van der Waals surface area contributed by atoms with Crippen molar-refractivity contribution in [3.05, 3.63) is 35.0 Å². The van der Waals surface area contributed by atoms with Crippen LogP contribution in [0.4, 0.5) is 18.9 Å². The molecule has 3 heterocycles. The molecule has 8 nitrogen and oxygen atoms in total. The number of alkyl halides is 3. The average Bonchev–Trinajstić information content (AvgIpc) is 2.82. The minimum Gasteiger partial charge on any atom is -0.370 e. The lowest BCUT2D eigenvalue weighted by atomic mass is 9.78. The lowest BCUT2D eigenvalue weighted by molar-refractivity contribution is -0.142. The Hall–Kier alpha value is -3.39. The number of fused-ring (bicyclic) bond motifs is 1. The lowest BCUT2D eigenvalue weighted by Gasteiger charge is -2.44. The van der Waals surface area contributed by atoms with Crippen molar-refractivity contribution >= 4 is 45.8 Å². The molecule has 2 fully saturated rings. The fourth-order valence-corrected chi connectivity index (χ4v) is 4.84. The number of benzene rings is 1. The number of anilines is 1. The van der Waals surface area contributed by atoms with Crippen LogP contribution in [0.1, 0.15) is 25.3 Å². The number of rotatable bonds is 2. The second-order valence-electron chi connectivity index (χ2n) is 9.01. The zero-order valence-corrected chi connectivity index (χ0v) is 19.7. The lowest BCUT2D eigenvalue weighted by Crippen LogP contribution is -2.59. The number of nitrogens with zero attached hydrogens (tertiary/aromatic N) is 5. The molecule has 12 heteroatoms. The van der Waals surface area contributed by atoms with E-state index in [2.05, 4.69) is 11.1 Å². The highest BCUT2D eigenvalue weighted by atomic mass is 35.5. The highest BCUT2D eigenvalue weighted by Gasteiger charge is 2.45. The number of piperazine rings is 1. The first-order valence-corrected chi connectivity index (χ1v) is 11.4. The summed E-state index contributed by atoms with van der Waals surface area (Å²) < 4.78 is 38.7. The van der Waals surface area contributed by atoms with Gasteiger partial charge in [-0.3, -0.25) is 20.6 Å². The van der Waals surface area contributed by atoms with Gasteiger partial charge in [-0.1, -0.05) is 18.5 Å². The van der Waals surface area contributed by atoms with E-state index in [1.807, 2.05) is 11.8 Å². The quantitative estimate of drug-likeness (QED) is 0.473. The van der Waals surface area contributed by atoms with E-state index in [4.69, 9.17) is 22.4 Å². The molecule has 2 aliphatic heterocycles. The summed E-state index contributed by atoms with van der Waals surface area (Å²) in [5.74, 6) is -2.23. The summed E-state index contributed by atoms with van der Waals surface area (Å²) in [6, 6.07) is 7.46. The Morgan fingerprint density at radius 2 is 1.91 bits per heavy atom. The van der Waals surface area contributed by atoms with Crippen LogP contribution in [-0.4, -0.2) is 71.3 Å². The first-order valence-electron chi connectivity index (χ1n) is 11.0. The number of piperidine rings is 1. The molecule has 2 aliphatic rings. The van der Waals surface area contributed by atoms with E-state index in [9.17, 15) is 23.2 Å². The first-order chi connectivity index (χ1) is 16.4. The van der Waals surface area contributed by atoms with Gasteiger partial charge < -0.3 is 14.7 Å². The van der Waals surface area contributed by atoms with Crippen LogP contribution in [0, 0.1) is 27.6 Å². The first kappa shape index (κ1) is 24.7. The summed E-state index contributed by atoms with van der Waals surface area (Å²) in [5, 5.41) is 26.2. The number of pyridine rings is 1. The molecule has 1 aromatic carbocycles. The predicted molar refractivity (Wildman–Crippen MR) is 126 cm³/mol. The molecule has 35 heavy (non-hydrogen) atoms. The summed E-state index contributed by atoms with van der Waals surface area (Å²) in [7, 11) is 0. The van der Waals surface area contributed by atoms with Crippen molar-refractivity contribution in [3.63, 3.8) is 0 Å². The second-order valence-corrected chi connectivity index (χ2v) is 9.45. The van der Waals surface area contributed by atoms with E-state index in [1.165, 1.54) is 11.1 Å². The molecule has 0 spiro atoms. The summed E-state index contributed by atoms with van der Waals surface area (Å²) >= 11 is 6.19. The smallest absolute Gasteiger partial charge is 0.370 e. The highest BCUT2D eigenvalue weighted by molar-refractivity contribution is 6.31. The third kappa shape index (κ3) is 4.62. The van der Waals surface area contributed by atoms with Crippen LogP contribution >= 0.6 is 11.6 Å². The molecule has 0 unspecified atom stereocenters. The number of halogens is 4. The molecule has 0 atom stereocenters. The molecule has 2 aromatic rings. The van der Waals surface area contributed by atoms with Crippen LogP contribution in [0.2, 0.25) is 5.02 Å². The van der Waals surface area contributed by atoms with Crippen LogP contribution in [0.25, 0.3) is 10.9 Å². The molecular weight excluding hydrogens is 483 g/mol. The van der Waals surface area contributed by atoms with Crippen molar-refractivity contribution in [1.29, 1.82) is 16.1 Å². The molecule has 4 rings (SSSR count). The molecule has 184 valence electrons. The largest absolute Gasteiger partial charge is 0.449 e. The Labute approximate surface area is 204 Å². The summed E-state index contributed by atoms with van der Waals surface area (Å²) in [4.78, 5) is 21.7. The number of aromatic nitrogens is 1. The van der Waals surface area contributed by atoms with Crippen molar-refractivity contribution in [2.45, 2.75) is 25.9 Å². The minimum absolute atomic E-state index is 0.00501. The van der Waals surface area contributed by atoms with Crippen LogP contribution in [0.3, 0.4) is 0 Å². The molecule has 0 aliphatic carbocycles. The molecule has 2 saturated heterocycles. The maximum Gasteiger partial charge on any atom is 0.449 e. The van der Waals surface area contributed by atoms with Gasteiger partial charge in [0.15, 0.2) is 0 Å². The fourth-order valence-electron chi connectivity index (χ4n) is 4.67. The summed E-state index contributed by atoms with van der Waals surface area (Å²) in [6.45, 7) is 2.28. The van der Waals surface area contributed by atoms with Gasteiger partial charge in [-0.15, -0.1) is 0 Å². The van der Waals surface area contributed by atoms with Gasteiger partial charge in [-0.25, -0.2) is 0 Å². The van der Waals surface area contributed by atoms with Gasteiger partial charge in [0, 0.05) is 48.2 Å². The van der Waals surface area contributed by atoms with Gasteiger partial charge in [-0.05, 0) is 31.0 Å². The topological polar surface area (TPSA) is 111 Å². The highest BCUT2D eigenvalue weighted by Crippen LogP contribution is 2.39. The predicted octanol–water partition coefficient (Wildman–Crippen LogP) is 4.03. The average molecular weight is 506 g/mol. The van der Waals surface area contributed by atoms with E-state index >= 15 is 0 Å². The Morgan fingerprint density at radius 1 is 1.23 bits per heavy atom. The zero-order valence-electron chi connectivity index (χ0n) is 18.9. The number of carbonyl (C=O) groups excluding carboxylic acids is 1. The minimum atomic E-state index is -4.85. The van der Waals surface area contributed by atoms with Gasteiger partial charge >= 0.3 is 6.18 Å². The normalized spacial score (nSPS) is 18.5. The number of amidine groups is 2. The standard InChI is InChI=1S/C23H23ClF3N7O/c1-22(21(35)33-8-9-34(18(29)13-33)20(30)23(25,26)27)4-6-32(7-5-22)19-14(11-28)12-31-17-3-2-15(24)10-16(17)19/h2-3,10,12,29-30H,4-9,13H2,1H3. The number of nitrogens with one attached hydrogen (secondary N) is 2. The number of amides is 1. The Bertz CT molecular complexity index is 1250. The molecule has 0 bridgehead atoms. The van der Waals surface area contributed by atoms with Crippen LogP contribution in [-0.2, 0) is 4.79 Å². The van der Waals surface area contributed by atoms with Crippen molar-refractivity contribution < 1.29 is 18.0 Å². The fraction of sp³-hybridized carbons (Fsp3) is 0.435. The van der Waals surface area contributed by atoms with Crippen molar-refractivity contribution in [1.82, 2.24) is 14.8 Å². The van der Waals surface area contributed by atoms with Gasteiger partial charge in [-0.2, -0.15) is 18.4 Å². The molecule has 1 amide bonds. The van der Waals surface area contributed by atoms with E-state index < -0.39 is 23.3 Å². The molecule has 0 radical (unpaired) electrons. The maximum absolute atomic E-state index is 13.4. The third-order valence-electron chi connectivity index (χ3n) is 6.71. The number of hydrogen-bond acceptors (Lipinski definition) is 6. The molecule has 1 aromatic heterocycles. The van der Waals surface area contributed by atoms with Crippen LogP contribution in [0.5, 0.6) is 0 Å². The Kier molecular flexibility index (Phi) is 6.36. The third-order valence-corrected chi connectivity index (χ3v) is 6.94. The number of nitriles is 1. The van der Waals surface area contributed by atoms with E-state index in [-0.39, 0.29) is 25.5 Å². The van der Waals surface area contributed by atoms with E-state index in [1.54, 1.807) is 18.2 Å². The molecular formula is C23H23ClF3N7O. The number of hydrogen-bond donors (Lipinski definition) is 2. The van der Waals surface area contributed by atoms with Gasteiger partial charge in [0.25, 0.3) is 0 Å². The molecule has 2 N–H and O–H groups in total. The van der Waals surface area contributed by atoms with Crippen LogP contribution in [0.15, 0.2) is 24.4 Å². The van der Waals surface area contributed by atoms with Gasteiger partial charge in [0.1, 0.15) is 11.9 Å². The Morgan fingerprint density at radius 3 is 2.51 bits per heavy atom. The number of carbonyl (C=O) groups is 1. The molecule has 0 saturated carbocycles. The van der Waals surface area contributed by atoms with Crippen LogP contribution < -0.4 is 4.90 Å². The summed E-state index contributed by atoms with van der Waals surface area (Å²) in [6.07, 6.45) is -2.39. The van der Waals surface area contributed by atoms with Gasteiger partial charge in [0.2, 0.25) is 11.7 Å². The van der Waals surface area contributed by atoms with Gasteiger partial charge in [0.05, 0.1) is 23.3 Å². The van der Waals surface area contributed by atoms with Crippen molar-refractivity contribution in [3.8, 4) is 6.07 Å². The second kappa shape index (κ2) is 9.00. The van der Waals surface area contributed by atoms with Crippen molar-refractivity contribution in [2.24, 2.45) is 5.41 Å². The zero-order chi connectivity index (χ0) is 25.5. The van der Waals surface area contributed by atoms with E-state index in [0.717, 1.165) is 11.1 Å². The maximum atomic E-state index is 13.4. The SMILES string of the molecule is CC1(C(=O)N2CCN(C(=N)C(F)(F)F)C(=N)C2)CCN(c2c(C#N)cnc3ccc(Cl)cc23)CC1. The van der Waals surface area contributed by atoms with Crippen molar-refractivity contribution in [2.75, 3.05) is 37.6 Å².